The van der Waals surface area contributed by atoms with Gasteiger partial charge in [-0.05, 0) is 18.1 Å². The number of urea groups is 1. The molecule has 0 aliphatic carbocycles. The number of rotatable bonds is 5. The van der Waals surface area contributed by atoms with Gasteiger partial charge in [-0.2, -0.15) is 0 Å². The number of ether oxygens (including phenoxy) is 1. The van der Waals surface area contributed by atoms with Crippen molar-refractivity contribution in [3.05, 3.63) is 35.4 Å². The minimum absolute atomic E-state index is 0.0816. The summed E-state index contributed by atoms with van der Waals surface area (Å²) < 4.78 is 4.84. The van der Waals surface area contributed by atoms with Crippen LogP contribution in [0.15, 0.2) is 24.3 Å². The number of carbonyl (C=O) groups is 3. The highest BCUT2D eigenvalue weighted by Crippen LogP contribution is 2.24. The van der Waals surface area contributed by atoms with E-state index in [1.165, 1.54) is 9.80 Å². The van der Waals surface area contributed by atoms with E-state index in [0.29, 0.717) is 6.61 Å². The number of amides is 2. The number of benzene rings is 1. The van der Waals surface area contributed by atoms with Gasteiger partial charge in [0, 0.05) is 26.6 Å². The zero-order valence-electron chi connectivity index (χ0n) is 13.9. The van der Waals surface area contributed by atoms with Gasteiger partial charge >= 0.3 is 18.0 Å². The van der Waals surface area contributed by atoms with E-state index in [2.05, 4.69) is 0 Å². The SMILES string of the molecule is CCOC(=O)CCN(C)C(=O)N1Cc2ccccc2C[C@H]1C(=O)O. The molecule has 0 bridgehead atoms. The Kier molecular flexibility index (Phi) is 5.78. The molecule has 0 fully saturated rings. The number of nitrogens with zero attached hydrogens (tertiary/aromatic N) is 2. The highest BCUT2D eigenvalue weighted by atomic mass is 16.5. The van der Waals surface area contributed by atoms with Crippen LogP contribution in [0.2, 0.25) is 0 Å². The first kappa shape index (κ1) is 17.8. The summed E-state index contributed by atoms with van der Waals surface area (Å²) in [7, 11) is 1.56. The molecule has 0 unspecified atom stereocenters. The fourth-order valence-electron chi connectivity index (χ4n) is 2.75. The summed E-state index contributed by atoms with van der Waals surface area (Å²) in [6.07, 6.45) is 0.362. The van der Waals surface area contributed by atoms with Gasteiger partial charge in [-0.1, -0.05) is 24.3 Å². The van der Waals surface area contributed by atoms with Crippen LogP contribution in [0.25, 0.3) is 0 Å². The molecule has 0 spiro atoms. The third-order valence-electron chi connectivity index (χ3n) is 4.06. The number of fused-ring (bicyclic) bond motifs is 1. The molecule has 1 aliphatic heterocycles. The van der Waals surface area contributed by atoms with Crippen molar-refractivity contribution in [2.75, 3.05) is 20.2 Å². The zero-order chi connectivity index (χ0) is 17.7. The van der Waals surface area contributed by atoms with Crippen LogP contribution < -0.4 is 0 Å². The number of carboxylic acid groups (broad SMARTS) is 1. The third kappa shape index (κ3) is 4.04. The van der Waals surface area contributed by atoms with Crippen molar-refractivity contribution in [1.82, 2.24) is 9.80 Å². The van der Waals surface area contributed by atoms with Crippen LogP contribution in [-0.2, 0) is 27.3 Å². The lowest BCUT2D eigenvalue weighted by atomic mass is 9.94. The second-order valence-corrected chi connectivity index (χ2v) is 5.71. The Labute approximate surface area is 140 Å². The number of esters is 1. The summed E-state index contributed by atoms with van der Waals surface area (Å²) in [5.74, 6) is -1.41. The van der Waals surface area contributed by atoms with Crippen LogP contribution in [0.1, 0.15) is 24.5 Å². The summed E-state index contributed by atoms with van der Waals surface area (Å²) >= 11 is 0. The Hall–Kier alpha value is -2.57. The molecule has 7 heteroatoms. The van der Waals surface area contributed by atoms with Gasteiger partial charge in [0.15, 0.2) is 0 Å². The number of carbonyl (C=O) groups excluding carboxylic acids is 2. The van der Waals surface area contributed by atoms with Crippen LogP contribution in [0.4, 0.5) is 4.79 Å². The van der Waals surface area contributed by atoms with Crippen LogP contribution in [0.3, 0.4) is 0 Å². The predicted octanol–water partition coefficient (Wildman–Crippen LogP) is 1.50. The van der Waals surface area contributed by atoms with Gasteiger partial charge in [0.05, 0.1) is 13.0 Å². The average Bonchev–Trinajstić information content (AvgIpc) is 2.58. The van der Waals surface area contributed by atoms with Gasteiger partial charge in [-0.15, -0.1) is 0 Å². The largest absolute Gasteiger partial charge is 0.480 e. The van der Waals surface area contributed by atoms with Gasteiger partial charge in [-0.3, -0.25) is 4.79 Å². The van der Waals surface area contributed by atoms with Gasteiger partial charge in [0.1, 0.15) is 6.04 Å². The van der Waals surface area contributed by atoms with Crippen molar-refractivity contribution >= 4 is 18.0 Å². The topological polar surface area (TPSA) is 87.2 Å². The smallest absolute Gasteiger partial charge is 0.326 e. The van der Waals surface area contributed by atoms with E-state index in [1.807, 2.05) is 24.3 Å². The third-order valence-corrected chi connectivity index (χ3v) is 4.06. The zero-order valence-corrected chi connectivity index (χ0v) is 13.9. The highest BCUT2D eigenvalue weighted by Gasteiger charge is 2.35. The molecule has 0 aromatic heterocycles. The first-order chi connectivity index (χ1) is 11.4. The molecule has 1 aliphatic rings. The van der Waals surface area contributed by atoms with E-state index in [0.717, 1.165) is 11.1 Å². The van der Waals surface area contributed by atoms with E-state index < -0.39 is 18.0 Å². The Morgan fingerprint density at radius 1 is 1.29 bits per heavy atom. The first-order valence-corrected chi connectivity index (χ1v) is 7.91. The molecule has 1 aromatic rings. The predicted molar refractivity (Wildman–Crippen MR) is 86.4 cm³/mol. The maximum absolute atomic E-state index is 12.6. The van der Waals surface area contributed by atoms with Crippen molar-refractivity contribution < 1.29 is 24.2 Å². The van der Waals surface area contributed by atoms with Crippen molar-refractivity contribution in [3.8, 4) is 0 Å². The van der Waals surface area contributed by atoms with Crippen LogP contribution in [-0.4, -0.2) is 59.1 Å². The van der Waals surface area contributed by atoms with Gasteiger partial charge in [0.2, 0.25) is 0 Å². The van der Waals surface area contributed by atoms with Crippen LogP contribution >= 0.6 is 0 Å². The molecule has 24 heavy (non-hydrogen) atoms. The molecule has 1 atom stereocenters. The molecule has 2 rings (SSSR count). The summed E-state index contributed by atoms with van der Waals surface area (Å²) in [6.45, 7) is 2.44. The van der Waals surface area contributed by atoms with Gasteiger partial charge in [-0.25, -0.2) is 9.59 Å². The van der Waals surface area contributed by atoms with E-state index in [4.69, 9.17) is 4.74 Å². The van der Waals surface area contributed by atoms with E-state index in [-0.39, 0.29) is 31.9 Å². The molecular weight excluding hydrogens is 312 g/mol. The lowest BCUT2D eigenvalue weighted by Crippen LogP contribution is -2.52. The fourth-order valence-corrected chi connectivity index (χ4v) is 2.75. The molecule has 1 aromatic carbocycles. The quantitative estimate of drug-likeness (QED) is 0.825. The Bertz CT molecular complexity index is 631. The van der Waals surface area contributed by atoms with E-state index in [1.54, 1.807) is 14.0 Å². The van der Waals surface area contributed by atoms with Crippen LogP contribution in [0.5, 0.6) is 0 Å². The standard InChI is InChI=1S/C17H22N2O5/c1-3-24-15(20)8-9-18(2)17(23)19-11-13-7-5-4-6-12(13)10-14(19)16(21)22/h4-7,14H,3,8-11H2,1-2H3,(H,21,22)/t14-/m0/s1. The highest BCUT2D eigenvalue weighted by molar-refractivity contribution is 5.84. The molecule has 2 amide bonds. The molecule has 1 N–H and O–H groups in total. The second kappa shape index (κ2) is 7.81. The van der Waals surface area contributed by atoms with E-state index in [9.17, 15) is 19.5 Å². The first-order valence-electron chi connectivity index (χ1n) is 7.91. The molecule has 130 valence electrons. The second-order valence-electron chi connectivity index (χ2n) is 5.71. The number of hydrogen-bond acceptors (Lipinski definition) is 4. The molecule has 0 saturated heterocycles. The van der Waals surface area contributed by atoms with Crippen LogP contribution in [0, 0.1) is 0 Å². The summed E-state index contributed by atoms with van der Waals surface area (Å²) in [4.78, 5) is 38.3. The average molecular weight is 334 g/mol. The Morgan fingerprint density at radius 2 is 1.96 bits per heavy atom. The molecular formula is C17H22N2O5. The van der Waals surface area contributed by atoms with Crippen molar-refractivity contribution in [2.24, 2.45) is 0 Å². The molecule has 7 nitrogen and oxygen atoms in total. The number of carboxylic acids is 1. The number of hydrogen-bond donors (Lipinski definition) is 1. The van der Waals surface area contributed by atoms with Crippen molar-refractivity contribution in [1.29, 1.82) is 0 Å². The Morgan fingerprint density at radius 3 is 2.58 bits per heavy atom. The summed E-state index contributed by atoms with van der Waals surface area (Å²) in [6, 6.07) is 6.20. The number of aliphatic carboxylic acids is 1. The molecule has 1 heterocycles. The van der Waals surface area contributed by atoms with E-state index >= 15 is 0 Å². The molecule has 0 saturated carbocycles. The lowest BCUT2D eigenvalue weighted by Gasteiger charge is -2.36. The van der Waals surface area contributed by atoms with Crippen molar-refractivity contribution in [3.63, 3.8) is 0 Å². The van der Waals surface area contributed by atoms with Crippen molar-refractivity contribution in [2.45, 2.75) is 32.4 Å². The summed E-state index contributed by atoms with van der Waals surface area (Å²) in [5.41, 5.74) is 1.89. The fraction of sp³-hybridized carbons (Fsp3) is 0.471. The Balaban J connectivity index is 2.08. The lowest BCUT2D eigenvalue weighted by molar-refractivity contribution is -0.144. The normalized spacial score (nSPS) is 16.2. The van der Waals surface area contributed by atoms with Gasteiger partial charge in [0.25, 0.3) is 0 Å². The maximum Gasteiger partial charge on any atom is 0.326 e. The summed E-state index contributed by atoms with van der Waals surface area (Å²) in [5, 5.41) is 9.47. The molecule has 0 radical (unpaired) electrons. The minimum atomic E-state index is -1.03. The monoisotopic (exact) mass is 334 g/mol. The maximum atomic E-state index is 12.6. The minimum Gasteiger partial charge on any atom is -0.480 e. The van der Waals surface area contributed by atoms with Gasteiger partial charge < -0.3 is 19.6 Å².